The van der Waals surface area contributed by atoms with Crippen LogP contribution < -0.4 is 4.90 Å². The minimum atomic E-state index is 0.0339. The fraction of sp³-hybridized carbons (Fsp3) is 0.182. The van der Waals surface area contributed by atoms with Gasteiger partial charge in [-0.2, -0.15) is 0 Å². The monoisotopic (exact) mass is 358 g/mol. The molecule has 3 heterocycles. The van der Waals surface area contributed by atoms with Gasteiger partial charge >= 0.3 is 0 Å². The van der Waals surface area contributed by atoms with E-state index in [1.165, 1.54) is 5.56 Å². The van der Waals surface area contributed by atoms with Crippen molar-refractivity contribution in [3.8, 4) is 11.5 Å². The van der Waals surface area contributed by atoms with Gasteiger partial charge in [0.15, 0.2) is 5.76 Å². The predicted octanol–water partition coefficient (Wildman–Crippen LogP) is 4.61. The van der Waals surface area contributed by atoms with Gasteiger partial charge in [-0.25, -0.2) is 0 Å². The first-order valence-electron chi connectivity index (χ1n) is 9.11. The second kappa shape index (κ2) is 6.43. The van der Waals surface area contributed by atoms with Gasteiger partial charge in [0.1, 0.15) is 5.58 Å². The Morgan fingerprint density at radius 1 is 1.04 bits per heavy atom. The molecule has 0 N–H and O–H groups in total. The Bertz CT molecular complexity index is 1090. The van der Waals surface area contributed by atoms with E-state index in [2.05, 4.69) is 11.2 Å². The van der Waals surface area contributed by atoms with Crippen LogP contribution in [0, 0.1) is 0 Å². The number of fused-ring (bicyclic) bond motifs is 2. The number of aryl methyl sites for hydroxylation is 1. The summed E-state index contributed by atoms with van der Waals surface area (Å²) in [6.07, 6.45) is 2.20. The second-order valence-corrected chi connectivity index (χ2v) is 6.79. The van der Waals surface area contributed by atoms with Crippen molar-refractivity contribution in [1.29, 1.82) is 0 Å². The highest BCUT2D eigenvalue weighted by Crippen LogP contribution is 2.29. The Hall–Kier alpha value is -3.34. The van der Waals surface area contributed by atoms with E-state index in [0.717, 1.165) is 36.0 Å². The Labute approximate surface area is 156 Å². The van der Waals surface area contributed by atoms with Gasteiger partial charge in [-0.05, 0) is 36.6 Å². The van der Waals surface area contributed by atoms with Gasteiger partial charge < -0.3 is 13.8 Å². The normalized spacial score (nSPS) is 13.7. The third-order valence-electron chi connectivity index (χ3n) is 4.97. The Balaban J connectivity index is 1.37. The van der Waals surface area contributed by atoms with Crippen LogP contribution in [0.3, 0.4) is 0 Å². The highest BCUT2D eigenvalue weighted by atomic mass is 16.5. The lowest BCUT2D eigenvalue weighted by Crippen LogP contribution is -2.36. The van der Waals surface area contributed by atoms with E-state index in [9.17, 15) is 4.79 Å². The molecule has 1 aliphatic rings. The number of furan rings is 1. The largest absolute Gasteiger partial charge is 0.453 e. The summed E-state index contributed by atoms with van der Waals surface area (Å²) in [6.45, 7) is 0.740. The summed E-state index contributed by atoms with van der Waals surface area (Å²) in [7, 11) is 0. The Kier molecular flexibility index (Phi) is 3.78. The average Bonchev–Trinajstić information content (AvgIpc) is 3.34. The summed E-state index contributed by atoms with van der Waals surface area (Å²) in [5, 5.41) is 5.08. The van der Waals surface area contributed by atoms with Crippen LogP contribution in [0.2, 0.25) is 0 Å². The van der Waals surface area contributed by atoms with Crippen molar-refractivity contribution in [1.82, 2.24) is 5.16 Å². The second-order valence-electron chi connectivity index (χ2n) is 6.79. The highest BCUT2D eigenvalue weighted by Gasteiger charge is 2.23. The molecule has 0 spiro atoms. The van der Waals surface area contributed by atoms with E-state index in [1.54, 1.807) is 6.07 Å². The molecular weight excluding hydrogens is 340 g/mol. The van der Waals surface area contributed by atoms with E-state index >= 15 is 0 Å². The van der Waals surface area contributed by atoms with Gasteiger partial charge in [-0.15, -0.1) is 0 Å². The highest BCUT2D eigenvalue weighted by molar-refractivity contribution is 5.95. The molecule has 0 saturated heterocycles. The summed E-state index contributed by atoms with van der Waals surface area (Å²) in [5.74, 6) is 1.19. The molecule has 0 fully saturated rings. The van der Waals surface area contributed by atoms with Gasteiger partial charge in [-0.3, -0.25) is 4.79 Å². The van der Waals surface area contributed by atoms with Crippen LogP contribution in [0.1, 0.15) is 17.7 Å². The molecular formula is C22H18N2O3. The predicted molar refractivity (Wildman–Crippen MR) is 103 cm³/mol. The van der Waals surface area contributed by atoms with Gasteiger partial charge in [0.25, 0.3) is 0 Å². The molecule has 0 bridgehead atoms. The van der Waals surface area contributed by atoms with Crippen molar-refractivity contribution in [2.24, 2.45) is 0 Å². The SMILES string of the molecule is O=C(Cc1cc(-c2cc3ccccc3o2)on1)N1CCCc2ccccc21. The molecule has 0 radical (unpaired) electrons. The lowest BCUT2D eigenvalue weighted by atomic mass is 10.0. The van der Waals surface area contributed by atoms with Crippen molar-refractivity contribution >= 4 is 22.6 Å². The molecule has 0 saturated carbocycles. The van der Waals surface area contributed by atoms with Crippen LogP contribution in [0.5, 0.6) is 0 Å². The number of carbonyl (C=O) groups excluding carboxylic acids is 1. The number of anilines is 1. The minimum absolute atomic E-state index is 0.0339. The summed E-state index contributed by atoms with van der Waals surface area (Å²) >= 11 is 0. The lowest BCUT2D eigenvalue weighted by molar-refractivity contribution is -0.118. The Morgan fingerprint density at radius 3 is 2.81 bits per heavy atom. The lowest BCUT2D eigenvalue weighted by Gasteiger charge is -2.29. The fourth-order valence-corrected chi connectivity index (χ4v) is 3.66. The molecule has 2 aromatic heterocycles. The molecule has 0 atom stereocenters. The van der Waals surface area contributed by atoms with Crippen molar-refractivity contribution in [3.05, 3.63) is 71.9 Å². The molecule has 4 aromatic rings. The van der Waals surface area contributed by atoms with Crippen molar-refractivity contribution < 1.29 is 13.7 Å². The van der Waals surface area contributed by atoms with Crippen molar-refractivity contribution in [2.75, 3.05) is 11.4 Å². The summed E-state index contributed by atoms with van der Waals surface area (Å²) in [5.41, 5.74) is 3.64. The summed E-state index contributed by atoms with van der Waals surface area (Å²) in [6, 6.07) is 19.6. The molecule has 5 heteroatoms. The molecule has 5 rings (SSSR count). The van der Waals surface area contributed by atoms with E-state index in [-0.39, 0.29) is 12.3 Å². The van der Waals surface area contributed by atoms with Crippen LogP contribution in [-0.2, 0) is 17.6 Å². The number of rotatable bonds is 3. The first-order valence-corrected chi connectivity index (χ1v) is 9.11. The van der Waals surface area contributed by atoms with Gasteiger partial charge in [0, 0.05) is 23.7 Å². The van der Waals surface area contributed by atoms with E-state index in [4.69, 9.17) is 8.94 Å². The number of nitrogens with zero attached hydrogens (tertiary/aromatic N) is 2. The van der Waals surface area contributed by atoms with E-state index < -0.39 is 0 Å². The molecule has 5 nitrogen and oxygen atoms in total. The number of benzene rings is 2. The van der Waals surface area contributed by atoms with Gasteiger partial charge in [-0.1, -0.05) is 41.6 Å². The van der Waals surface area contributed by atoms with Crippen LogP contribution in [0.15, 0.2) is 69.6 Å². The number of amides is 1. The minimum Gasteiger partial charge on any atom is -0.453 e. The maximum absolute atomic E-state index is 12.8. The van der Waals surface area contributed by atoms with Crippen molar-refractivity contribution in [2.45, 2.75) is 19.3 Å². The zero-order valence-electron chi connectivity index (χ0n) is 14.7. The maximum Gasteiger partial charge on any atom is 0.233 e. The zero-order valence-corrected chi connectivity index (χ0v) is 14.7. The Morgan fingerprint density at radius 2 is 1.89 bits per heavy atom. The van der Waals surface area contributed by atoms with Gasteiger partial charge in [0.2, 0.25) is 11.7 Å². The van der Waals surface area contributed by atoms with E-state index in [0.29, 0.717) is 17.2 Å². The van der Waals surface area contributed by atoms with E-state index in [1.807, 2.05) is 53.4 Å². The van der Waals surface area contributed by atoms with Gasteiger partial charge in [0.05, 0.1) is 12.1 Å². The van der Waals surface area contributed by atoms with Crippen LogP contribution in [0.4, 0.5) is 5.69 Å². The number of aromatic nitrogens is 1. The molecule has 0 aliphatic carbocycles. The first kappa shape index (κ1) is 15.9. The maximum atomic E-state index is 12.8. The molecule has 2 aromatic carbocycles. The smallest absolute Gasteiger partial charge is 0.233 e. The number of hydrogen-bond acceptors (Lipinski definition) is 4. The number of hydrogen-bond donors (Lipinski definition) is 0. The van der Waals surface area contributed by atoms with Crippen LogP contribution in [-0.4, -0.2) is 17.6 Å². The average molecular weight is 358 g/mol. The number of carbonyl (C=O) groups is 1. The van der Waals surface area contributed by atoms with Crippen LogP contribution in [0.25, 0.3) is 22.5 Å². The third-order valence-corrected chi connectivity index (χ3v) is 4.97. The quantitative estimate of drug-likeness (QED) is 0.537. The number of para-hydroxylation sites is 2. The summed E-state index contributed by atoms with van der Waals surface area (Å²) < 4.78 is 11.2. The zero-order chi connectivity index (χ0) is 18.2. The fourth-order valence-electron chi connectivity index (χ4n) is 3.66. The topological polar surface area (TPSA) is 59.5 Å². The molecule has 0 unspecified atom stereocenters. The first-order chi connectivity index (χ1) is 13.3. The third kappa shape index (κ3) is 2.91. The molecule has 1 amide bonds. The molecule has 27 heavy (non-hydrogen) atoms. The molecule has 134 valence electrons. The summed E-state index contributed by atoms with van der Waals surface area (Å²) in [4.78, 5) is 14.7. The standard InChI is InChI=1S/C22H18N2O3/c25-22(24-11-5-8-15-6-1-3-9-18(15)24)14-17-13-21(27-23-17)20-12-16-7-2-4-10-19(16)26-20/h1-4,6-7,9-10,12-13H,5,8,11,14H2. The van der Waals surface area contributed by atoms with Crippen molar-refractivity contribution in [3.63, 3.8) is 0 Å². The molecule has 1 aliphatic heterocycles. The van der Waals surface area contributed by atoms with Crippen LogP contribution >= 0.6 is 0 Å².